The Labute approximate surface area is 158 Å². The van der Waals surface area contributed by atoms with E-state index in [-0.39, 0.29) is 23.3 Å². The molecule has 0 heterocycles. The van der Waals surface area contributed by atoms with Gasteiger partial charge in [-0.1, -0.05) is 30.3 Å². The van der Waals surface area contributed by atoms with Gasteiger partial charge in [-0.05, 0) is 36.6 Å². The van der Waals surface area contributed by atoms with Gasteiger partial charge in [-0.3, -0.25) is 0 Å². The average Bonchev–Trinajstić information content (AvgIpc) is 2.69. The summed E-state index contributed by atoms with van der Waals surface area (Å²) < 4.78 is 15.4. The molecule has 1 aliphatic carbocycles. The molecule has 0 aliphatic heterocycles. The lowest BCUT2D eigenvalue weighted by molar-refractivity contribution is -0.0150. The molecular formula is C21H23NO5. The maximum Gasteiger partial charge on any atom is 0.338 e. The van der Waals surface area contributed by atoms with Gasteiger partial charge in [-0.15, -0.1) is 0 Å². The molecule has 27 heavy (non-hydrogen) atoms. The third-order valence-electron chi connectivity index (χ3n) is 4.62. The second-order valence-corrected chi connectivity index (χ2v) is 6.47. The Kier molecular flexibility index (Phi) is 6.08. The van der Waals surface area contributed by atoms with Crippen LogP contribution in [0.2, 0.25) is 0 Å². The quantitative estimate of drug-likeness (QED) is 0.754. The monoisotopic (exact) mass is 369 g/mol. The molecule has 1 saturated carbocycles. The second-order valence-electron chi connectivity index (χ2n) is 6.47. The van der Waals surface area contributed by atoms with E-state index in [1.54, 1.807) is 18.2 Å². The van der Waals surface area contributed by atoms with Crippen molar-refractivity contribution in [3.63, 3.8) is 0 Å². The first kappa shape index (κ1) is 18.9. The standard InChI is InChI=1S/C21H23NO5/c1-25-20(23)18-9-8-15(12-19(18)21(24)26-2)22-16-10-17(11-16)27-13-14-6-4-3-5-7-14/h3-9,12,16-17,22H,10-11,13H2,1-2H3. The fourth-order valence-electron chi connectivity index (χ4n) is 3.04. The van der Waals surface area contributed by atoms with Crippen LogP contribution in [-0.2, 0) is 20.8 Å². The summed E-state index contributed by atoms with van der Waals surface area (Å²) in [6, 6.07) is 15.3. The van der Waals surface area contributed by atoms with E-state index in [0.717, 1.165) is 24.1 Å². The first-order valence-electron chi connectivity index (χ1n) is 8.83. The van der Waals surface area contributed by atoms with Crippen molar-refractivity contribution < 1.29 is 23.8 Å². The van der Waals surface area contributed by atoms with Gasteiger partial charge in [0.25, 0.3) is 0 Å². The molecule has 0 spiro atoms. The number of benzene rings is 2. The number of carbonyl (C=O) groups excluding carboxylic acids is 2. The molecule has 142 valence electrons. The lowest BCUT2D eigenvalue weighted by atomic mass is 9.89. The van der Waals surface area contributed by atoms with Crippen LogP contribution in [0.4, 0.5) is 5.69 Å². The van der Waals surface area contributed by atoms with Crippen LogP contribution in [-0.4, -0.2) is 38.3 Å². The highest BCUT2D eigenvalue weighted by atomic mass is 16.5. The van der Waals surface area contributed by atoms with E-state index in [1.807, 2.05) is 30.3 Å². The largest absolute Gasteiger partial charge is 0.465 e. The van der Waals surface area contributed by atoms with Gasteiger partial charge in [0.15, 0.2) is 0 Å². The number of carbonyl (C=O) groups is 2. The molecule has 0 unspecified atom stereocenters. The molecule has 1 N–H and O–H groups in total. The molecule has 6 nitrogen and oxygen atoms in total. The topological polar surface area (TPSA) is 73.9 Å². The van der Waals surface area contributed by atoms with Gasteiger partial charge in [-0.2, -0.15) is 0 Å². The van der Waals surface area contributed by atoms with Crippen molar-refractivity contribution in [2.75, 3.05) is 19.5 Å². The second kappa shape index (κ2) is 8.68. The fraction of sp³-hybridized carbons (Fsp3) is 0.333. The first-order valence-corrected chi connectivity index (χ1v) is 8.83. The third kappa shape index (κ3) is 4.65. The molecule has 0 atom stereocenters. The van der Waals surface area contributed by atoms with Gasteiger partial charge in [-0.25, -0.2) is 9.59 Å². The molecule has 0 saturated heterocycles. The zero-order valence-corrected chi connectivity index (χ0v) is 15.4. The van der Waals surface area contributed by atoms with Crippen LogP contribution >= 0.6 is 0 Å². The Morgan fingerprint density at radius 3 is 2.30 bits per heavy atom. The maximum absolute atomic E-state index is 12.0. The van der Waals surface area contributed by atoms with Crippen LogP contribution in [0.5, 0.6) is 0 Å². The predicted octanol–water partition coefficient (Wildman–Crippen LogP) is 3.42. The van der Waals surface area contributed by atoms with Gasteiger partial charge in [0.2, 0.25) is 0 Å². The fourth-order valence-corrected chi connectivity index (χ4v) is 3.04. The van der Waals surface area contributed by atoms with Crippen LogP contribution in [0.1, 0.15) is 39.1 Å². The zero-order valence-electron chi connectivity index (χ0n) is 15.4. The van der Waals surface area contributed by atoms with Gasteiger partial charge >= 0.3 is 11.9 Å². The molecular weight excluding hydrogens is 346 g/mol. The highest BCUT2D eigenvalue weighted by molar-refractivity contribution is 6.03. The Balaban J connectivity index is 1.55. The molecule has 2 aromatic carbocycles. The van der Waals surface area contributed by atoms with Crippen molar-refractivity contribution in [3.8, 4) is 0 Å². The van der Waals surface area contributed by atoms with Crippen molar-refractivity contribution in [1.82, 2.24) is 0 Å². The summed E-state index contributed by atoms with van der Waals surface area (Å²) in [4.78, 5) is 23.8. The average molecular weight is 369 g/mol. The van der Waals surface area contributed by atoms with E-state index in [1.165, 1.54) is 14.2 Å². The molecule has 2 aromatic rings. The number of hydrogen-bond donors (Lipinski definition) is 1. The number of anilines is 1. The minimum Gasteiger partial charge on any atom is -0.465 e. The molecule has 0 radical (unpaired) electrons. The Hall–Kier alpha value is -2.86. The highest BCUT2D eigenvalue weighted by Gasteiger charge is 2.30. The van der Waals surface area contributed by atoms with Crippen molar-refractivity contribution in [3.05, 3.63) is 65.2 Å². The number of rotatable bonds is 7. The van der Waals surface area contributed by atoms with E-state index in [9.17, 15) is 9.59 Å². The summed E-state index contributed by atoms with van der Waals surface area (Å²) >= 11 is 0. The van der Waals surface area contributed by atoms with Crippen molar-refractivity contribution >= 4 is 17.6 Å². The summed E-state index contributed by atoms with van der Waals surface area (Å²) in [5.74, 6) is -1.14. The predicted molar refractivity (Wildman–Crippen MR) is 101 cm³/mol. The van der Waals surface area contributed by atoms with E-state index >= 15 is 0 Å². The van der Waals surface area contributed by atoms with E-state index in [2.05, 4.69) is 5.32 Å². The zero-order chi connectivity index (χ0) is 19.2. The summed E-state index contributed by atoms with van der Waals surface area (Å²) in [5, 5.41) is 3.37. The number of hydrogen-bond acceptors (Lipinski definition) is 6. The lowest BCUT2D eigenvalue weighted by Crippen LogP contribution is -2.40. The van der Waals surface area contributed by atoms with Crippen LogP contribution in [0, 0.1) is 0 Å². The van der Waals surface area contributed by atoms with Crippen LogP contribution in [0.3, 0.4) is 0 Å². The molecule has 0 amide bonds. The SMILES string of the molecule is COC(=O)c1ccc(NC2CC(OCc3ccccc3)C2)cc1C(=O)OC. The number of nitrogens with one attached hydrogen (secondary N) is 1. The van der Waals surface area contributed by atoms with Crippen LogP contribution in [0.15, 0.2) is 48.5 Å². The van der Waals surface area contributed by atoms with Crippen molar-refractivity contribution in [2.45, 2.75) is 31.6 Å². The molecule has 1 fully saturated rings. The number of esters is 2. The first-order chi connectivity index (χ1) is 13.1. The minimum absolute atomic E-state index is 0.186. The number of methoxy groups -OCH3 is 2. The summed E-state index contributed by atoms with van der Waals surface area (Å²) in [7, 11) is 2.56. The molecule has 1 aliphatic rings. The number of ether oxygens (including phenoxy) is 3. The van der Waals surface area contributed by atoms with Crippen molar-refractivity contribution in [2.24, 2.45) is 0 Å². The lowest BCUT2D eigenvalue weighted by Gasteiger charge is -2.36. The Morgan fingerprint density at radius 2 is 1.63 bits per heavy atom. The Morgan fingerprint density at radius 1 is 0.963 bits per heavy atom. The third-order valence-corrected chi connectivity index (χ3v) is 4.62. The Bertz CT molecular complexity index is 799. The van der Waals surface area contributed by atoms with Gasteiger partial charge in [0, 0.05) is 11.7 Å². The van der Waals surface area contributed by atoms with Gasteiger partial charge in [0.05, 0.1) is 38.1 Å². The summed E-state index contributed by atoms with van der Waals surface area (Å²) in [6.07, 6.45) is 2.00. The van der Waals surface area contributed by atoms with Gasteiger partial charge in [0.1, 0.15) is 0 Å². The maximum atomic E-state index is 12.0. The van der Waals surface area contributed by atoms with E-state index in [4.69, 9.17) is 14.2 Å². The minimum atomic E-state index is -0.572. The van der Waals surface area contributed by atoms with E-state index in [0.29, 0.717) is 6.61 Å². The smallest absolute Gasteiger partial charge is 0.338 e. The van der Waals surface area contributed by atoms with Crippen LogP contribution in [0.25, 0.3) is 0 Å². The van der Waals surface area contributed by atoms with Crippen molar-refractivity contribution in [1.29, 1.82) is 0 Å². The van der Waals surface area contributed by atoms with Crippen LogP contribution < -0.4 is 5.32 Å². The molecule has 6 heteroatoms. The van der Waals surface area contributed by atoms with E-state index < -0.39 is 11.9 Å². The molecule has 3 rings (SSSR count). The molecule has 0 bridgehead atoms. The summed E-state index contributed by atoms with van der Waals surface area (Å²) in [5.41, 5.74) is 2.29. The van der Waals surface area contributed by atoms with Gasteiger partial charge < -0.3 is 19.5 Å². The highest BCUT2D eigenvalue weighted by Crippen LogP contribution is 2.28. The molecule has 0 aromatic heterocycles. The normalized spacial score (nSPS) is 18.3. The summed E-state index contributed by atoms with van der Waals surface area (Å²) in [6.45, 7) is 0.610.